The van der Waals surface area contributed by atoms with Crippen molar-refractivity contribution in [3.05, 3.63) is 71.8 Å². The van der Waals surface area contributed by atoms with Crippen LogP contribution in [0.1, 0.15) is 71.2 Å². The van der Waals surface area contributed by atoms with Gasteiger partial charge in [-0.25, -0.2) is 0 Å². The summed E-state index contributed by atoms with van der Waals surface area (Å²) < 4.78 is 0. The molecule has 0 aliphatic heterocycles. The van der Waals surface area contributed by atoms with Crippen LogP contribution in [0, 0.1) is 0 Å². The molecule has 0 unspecified atom stereocenters. The number of hydrogen-bond acceptors (Lipinski definition) is 0. The summed E-state index contributed by atoms with van der Waals surface area (Å²) >= 11 is 0. The zero-order valence-electron chi connectivity index (χ0n) is 16.2. The topological polar surface area (TPSA) is 0 Å². The van der Waals surface area contributed by atoms with Crippen molar-refractivity contribution in [1.29, 1.82) is 0 Å². The van der Waals surface area contributed by atoms with E-state index in [4.69, 9.17) is 0 Å². The molecule has 0 saturated carbocycles. The van der Waals surface area contributed by atoms with Crippen LogP contribution in [-0.2, 0) is 0 Å². The molecule has 2 rings (SSSR count). The lowest BCUT2D eigenvalue weighted by Crippen LogP contribution is -2.32. The third-order valence-corrected chi connectivity index (χ3v) is 9.88. The summed E-state index contributed by atoms with van der Waals surface area (Å²) in [5.41, 5.74) is 3.43. The zero-order valence-corrected chi connectivity index (χ0v) is 17.1. The highest BCUT2D eigenvalue weighted by molar-refractivity contribution is 7.61. The van der Waals surface area contributed by atoms with Crippen LogP contribution in [0.5, 0.6) is 0 Å². The van der Waals surface area contributed by atoms with Crippen LogP contribution in [0.3, 0.4) is 0 Å². The normalized spacial score (nSPS) is 12.8. The lowest BCUT2D eigenvalue weighted by molar-refractivity contribution is 0.596. The molecule has 0 bridgehead atoms. The van der Waals surface area contributed by atoms with Crippen molar-refractivity contribution in [2.45, 2.75) is 70.4 Å². The fraction of sp³-hybridized carbons (Fsp3) is 0.478. The van der Waals surface area contributed by atoms with E-state index in [9.17, 15) is 0 Å². The van der Waals surface area contributed by atoms with Gasteiger partial charge in [0.2, 0.25) is 0 Å². The summed E-state index contributed by atoms with van der Waals surface area (Å²) in [6.07, 6.45) is 2.44. The quantitative estimate of drug-likeness (QED) is 0.454. The highest BCUT2D eigenvalue weighted by atomic mass is 31.1. The Morgan fingerprint density at radius 3 is 1.29 bits per heavy atom. The molecule has 0 atom stereocenters. The van der Waals surface area contributed by atoms with Gasteiger partial charge in [0.05, 0.1) is 0 Å². The minimum atomic E-state index is -0.263. The van der Waals surface area contributed by atoms with E-state index in [0.29, 0.717) is 16.0 Å². The molecule has 0 N–H and O–H groups in total. The molecule has 0 heterocycles. The van der Waals surface area contributed by atoms with Crippen molar-refractivity contribution in [1.82, 2.24) is 0 Å². The maximum absolute atomic E-state index is 2.48. The predicted molar refractivity (Wildman–Crippen MR) is 110 cm³/mol. The summed E-state index contributed by atoms with van der Waals surface area (Å²) in [5.74, 6) is 0. The highest BCUT2D eigenvalue weighted by Gasteiger charge is 2.43. The summed E-state index contributed by atoms with van der Waals surface area (Å²) in [6.45, 7) is 14.6. The van der Waals surface area contributed by atoms with Crippen LogP contribution in [0.25, 0.3) is 0 Å². The van der Waals surface area contributed by atoms with Crippen LogP contribution in [0.2, 0.25) is 0 Å². The van der Waals surface area contributed by atoms with Crippen molar-refractivity contribution in [2.75, 3.05) is 0 Å². The third-order valence-electron chi connectivity index (χ3n) is 5.52. The van der Waals surface area contributed by atoms with E-state index in [-0.39, 0.29) is 7.92 Å². The second kappa shape index (κ2) is 7.83. The molecule has 1 heteroatoms. The number of rotatable bonds is 7. The largest absolute Gasteiger partial charge is 0.0828 e. The summed E-state index contributed by atoms with van der Waals surface area (Å²) in [4.78, 5) is 0. The number of benzene rings is 2. The first-order valence-corrected chi connectivity index (χ1v) is 10.6. The van der Waals surface area contributed by atoms with Crippen LogP contribution >= 0.6 is 7.92 Å². The first-order chi connectivity index (χ1) is 11.3. The summed E-state index contributed by atoms with van der Waals surface area (Å²) in [6, 6.07) is 22.3. The molecule has 0 saturated heterocycles. The molecule has 2 aromatic rings. The van der Waals surface area contributed by atoms with E-state index >= 15 is 0 Å². The van der Waals surface area contributed by atoms with Gasteiger partial charge in [0, 0.05) is 5.66 Å². The highest BCUT2D eigenvalue weighted by Crippen LogP contribution is 2.71. The van der Waals surface area contributed by atoms with Crippen molar-refractivity contribution in [2.24, 2.45) is 0 Å². The van der Waals surface area contributed by atoms with Crippen LogP contribution in [0.4, 0.5) is 0 Å². The Bertz CT molecular complexity index is 557. The molecule has 0 aliphatic carbocycles. The third kappa shape index (κ3) is 4.09. The minimum Gasteiger partial charge on any atom is -0.0828 e. The molecular formula is C23H33P. The van der Waals surface area contributed by atoms with Gasteiger partial charge in [-0.05, 0) is 34.3 Å². The van der Waals surface area contributed by atoms with E-state index < -0.39 is 0 Å². The van der Waals surface area contributed by atoms with Gasteiger partial charge in [-0.3, -0.25) is 0 Å². The van der Waals surface area contributed by atoms with Crippen molar-refractivity contribution >= 4 is 7.92 Å². The standard InChI is InChI=1S/C23H33P/c1-7-22(3,4)24(23(5,6)8-2)21(19-15-11-9-12-16-19)20-17-13-10-14-18-20/h9-18,21H,7-8H2,1-6H3. The first-order valence-electron chi connectivity index (χ1n) is 9.23. The van der Waals surface area contributed by atoms with Gasteiger partial charge < -0.3 is 0 Å². The lowest BCUT2D eigenvalue weighted by atomic mass is 10.0. The molecule has 130 valence electrons. The molecule has 0 aliphatic rings. The molecule has 0 radical (unpaired) electrons. The van der Waals surface area contributed by atoms with Gasteiger partial charge in [0.25, 0.3) is 0 Å². The monoisotopic (exact) mass is 340 g/mol. The van der Waals surface area contributed by atoms with Crippen LogP contribution < -0.4 is 0 Å². The molecule has 2 aromatic carbocycles. The first kappa shape index (κ1) is 19.2. The number of hydrogen-bond donors (Lipinski definition) is 0. The maximum atomic E-state index is 2.48. The molecule has 0 nitrogen and oxygen atoms in total. The smallest absolute Gasteiger partial charge is 0.0301 e. The zero-order chi connectivity index (χ0) is 17.8. The lowest BCUT2D eigenvalue weighted by Gasteiger charge is -2.49. The molecule has 0 spiro atoms. The van der Waals surface area contributed by atoms with Crippen molar-refractivity contribution in [3.63, 3.8) is 0 Å². The average Bonchev–Trinajstić information content (AvgIpc) is 2.60. The summed E-state index contributed by atoms with van der Waals surface area (Å²) in [7, 11) is -0.263. The Balaban J connectivity index is 2.66. The van der Waals surface area contributed by atoms with E-state index in [1.54, 1.807) is 0 Å². The molecular weight excluding hydrogens is 307 g/mol. The van der Waals surface area contributed by atoms with E-state index in [0.717, 1.165) is 0 Å². The fourth-order valence-electron chi connectivity index (χ4n) is 3.62. The minimum absolute atomic E-state index is 0.263. The average molecular weight is 340 g/mol. The van der Waals surface area contributed by atoms with Gasteiger partial charge in [0.15, 0.2) is 0 Å². The Hall–Kier alpha value is -1.13. The van der Waals surface area contributed by atoms with Gasteiger partial charge in [-0.2, -0.15) is 0 Å². The second-order valence-electron chi connectivity index (χ2n) is 7.93. The SMILES string of the molecule is CCC(C)(C)P(C(c1ccccc1)c1ccccc1)C(C)(C)CC. The van der Waals surface area contributed by atoms with E-state index in [1.165, 1.54) is 24.0 Å². The Morgan fingerprint density at radius 2 is 1.00 bits per heavy atom. The van der Waals surface area contributed by atoms with Gasteiger partial charge in [0.1, 0.15) is 0 Å². The fourth-order valence-corrected chi connectivity index (χ4v) is 8.28. The summed E-state index contributed by atoms with van der Waals surface area (Å²) in [5, 5.41) is 0.677. The molecule has 0 aromatic heterocycles. The molecule has 0 fully saturated rings. The van der Waals surface area contributed by atoms with Gasteiger partial charge in [-0.1, -0.05) is 110 Å². The van der Waals surface area contributed by atoms with Crippen LogP contribution in [-0.4, -0.2) is 10.3 Å². The predicted octanol–water partition coefficient (Wildman–Crippen LogP) is 7.64. The van der Waals surface area contributed by atoms with Gasteiger partial charge >= 0.3 is 0 Å². The van der Waals surface area contributed by atoms with Crippen molar-refractivity contribution < 1.29 is 0 Å². The maximum Gasteiger partial charge on any atom is 0.0301 e. The second-order valence-corrected chi connectivity index (χ2v) is 11.6. The molecule has 24 heavy (non-hydrogen) atoms. The Labute approximate surface area is 150 Å². The van der Waals surface area contributed by atoms with Crippen LogP contribution in [0.15, 0.2) is 60.7 Å². The van der Waals surface area contributed by atoms with Gasteiger partial charge in [-0.15, -0.1) is 0 Å². The Kier molecular flexibility index (Phi) is 6.27. The Morgan fingerprint density at radius 1 is 0.667 bits per heavy atom. The van der Waals surface area contributed by atoms with Crippen molar-refractivity contribution in [3.8, 4) is 0 Å². The molecule has 0 amide bonds. The van der Waals surface area contributed by atoms with E-state index in [1.807, 2.05) is 0 Å². The van der Waals surface area contributed by atoms with E-state index in [2.05, 4.69) is 102 Å².